The van der Waals surface area contributed by atoms with Gasteiger partial charge in [0.1, 0.15) is 0 Å². The second-order valence-electron chi connectivity index (χ2n) is 3.90. The molecule has 0 aromatic heterocycles. The van der Waals surface area contributed by atoms with E-state index in [1.165, 1.54) is 25.7 Å². The van der Waals surface area contributed by atoms with Gasteiger partial charge >= 0.3 is 0 Å². The van der Waals surface area contributed by atoms with Crippen molar-refractivity contribution in [3.63, 3.8) is 0 Å². The van der Waals surface area contributed by atoms with Gasteiger partial charge in [-0.3, -0.25) is 0 Å². The number of hydrogen-bond acceptors (Lipinski definition) is 1. The molecular weight excluding hydrogens is 124 g/mol. The Labute approximate surface area is 62.4 Å². The number of aliphatic hydroxyl groups is 1. The summed E-state index contributed by atoms with van der Waals surface area (Å²) >= 11 is 0. The summed E-state index contributed by atoms with van der Waals surface area (Å²) in [6.07, 6.45) is 5.24. The smallest absolute Gasteiger partial charge is 0.0599 e. The van der Waals surface area contributed by atoms with Crippen molar-refractivity contribution in [1.29, 1.82) is 0 Å². The van der Waals surface area contributed by atoms with Gasteiger partial charge in [-0.25, -0.2) is 0 Å². The maximum Gasteiger partial charge on any atom is 0.0599 e. The first kappa shape index (κ1) is 6.66. The van der Waals surface area contributed by atoms with Crippen molar-refractivity contribution in [3.8, 4) is 0 Å². The molecule has 2 saturated carbocycles. The third-order valence-corrected chi connectivity index (χ3v) is 3.51. The fourth-order valence-corrected chi connectivity index (χ4v) is 2.96. The predicted molar refractivity (Wildman–Crippen MR) is 40.6 cm³/mol. The highest BCUT2D eigenvalue weighted by molar-refractivity contribution is 4.95. The molecule has 58 valence electrons. The highest BCUT2D eigenvalue weighted by Gasteiger charge is 2.45. The molecule has 0 aliphatic heterocycles. The lowest BCUT2D eigenvalue weighted by Crippen LogP contribution is -2.26. The van der Waals surface area contributed by atoms with E-state index in [4.69, 9.17) is 0 Å². The van der Waals surface area contributed by atoms with Crippen molar-refractivity contribution >= 4 is 0 Å². The van der Waals surface area contributed by atoms with Crippen LogP contribution in [-0.4, -0.2) is 11.2 Å². The molecular formula is C9H16O. The van der Waals surface area contributed by atoms with Gasteiger partial charge in [0.05, 0.1) is 6.10 Å². The maximum absolute atomic E-state index is 9.68. The second kappa shape index (κ2) is 2.23. The quantitative estimate of drug-likeness (QED) is 0.589. The summed E-state index contributed by atoms with van der Waals surface area (Å²) in [5.74, 6) is 2.21. The molecule has 1 nitrogen and oxygen atoms in total. The zero-order valence-corrected chi connectivity index (χ0v) is 6.59. The molecule has 2 rings (SSSR count). The van der Waals surface area contributed by atoms with Gasteiger partial charge in [-0.15, -0.1) is 0 Å². The molecule has 0 amide bonds. The number of fused-ring (bicyclic) bond motifs is 2. The fraction of sp³-hybridized carbons (Fsp3) is 1.00. The zero-order chi connectivity index (χ0) is 7.14. The van der Waals surface area contributed by atoms with Gasteiger partial charge in [0.2, 0.25) is 0 Å². The van der Waals surface area contributed by atoms with E-state index in [-0.39, 0.29) is 6.10 Å². The summed E-state index contributed by atoms with van der Waals surface area (Å²) in [5.41, 5.74) is 0. The monoisotopic (exact) mass is 140 g/mol. The molecule has 0 heterocycles. The molecule has 2 fully saturated rings. The Morgan fingerprint density at radius 2 is 2.00 bits per heavy atom. The van der Waals surface area contributed by atoms with Crippen LogP contribution >= 0.6 is 0 Å². The average Bonchev–Trinajstić information content (AvgIpc) is 2.46. The Morgan fingerprint density at radius 3 is 2.40 bits per heavy atom. The molecule has 2 aliphatic rings. The minimum absolute atomic E-state index is 0.0590. The first-order chi connectivity index (χ1) is 4.83. The van der Waals surface area contributed by atoms with Crippen LogP contribution in [0.2, 0.25) is 0 Å². The van der Waals surface area contributed by atoms with Crippen LogP contribution in [0.4, 0.5) is 0 Å². The lowest BCUT2D eigenvalue weighted by atomic mass is 9.85. The summed E-state index contributed by atoms with van der Waals surface area (Å²) in [6, 6.07) is 0. The molecule has 0 saturated heterocycles. The Bertz CT molecular complexity index is 131. The third kappa shape index (κ3) is 0.731. The molecule has 0 aromatic carbocycles. The third-order valence-electron chi connectivity index (χ3n) is 3.51. The van der Waals surface area contributed by atoms with E-state index in [1.54, 1.807) is 0 Å². The molecule has 2 aliphatic carbocycles. The fourth-order valence-electron chi connectivity index (χ4n) is 2.96. The standard InChI is InChI=1S/C9H16O/c1-2-8-6-3-4-7(5-6)9(8)10/h6-10H,2-5H2,1H3/t6-,7+,8+,9-/m0/s1. The van der Waals surface area contributed by atoms with Crippen LogP contribution in [0, 0.1) is 17.8 Å². The predicted octanol–water partition coefficient (Wildman–Crippen LogP) is 1.80. The molecule has 0 radical (unpaired) electrons. The van der Waals surface area contributed by atoms with Crippen LogP contribution < -0.4 is 0 Å². The largest absolute Gasteiger partial charge is 0.393 e. The Kier molecular flexibility index (Phi) is 1.48. The van der Waals surface area contributed by atoms with E-state index < -0.39 is 0 Å². The molecule has 0 spiro atoms. The van der Waals surface area contributed by atoms with E-state index in [9.17, 15) is 5.11 Å². The highest BCUT2D eigenvalue weighted by Crippen LogP contribution is 2.49. The minimum atomic E-state index is 0.0590. The van der Waals surface area contributed by atoms with E-state index >= 15 is 0 Å². The van der Waals surface area contributed by atoms with Gasteiger partial charge < -0.3 is 5.11 Å². The summed E-state index contributed by atoms with van der Waals surface area (Å²) < 4.78 is 0. The Morgan fingerprint density at radius 1 is 1.30 bits per heavy atom. The molecule has 4 atom stereocenters. The average molecular weight is 140 g/mol. The van der Waals surface area contributed by atoms with Crippen molar-refractivity contribution < 1.29 is 5.11 Å². The molecule has 1 heteroatoms. The summed E-state index contributed by atoms with van der Waals surface area (Å²) in [7, 11) is 0. The lowest BCUT2D eigenvalue weighted by Gasteiger charge is -2.25. The summed E-state index contributed by atoms with van der Waals surface area (Å²) in [4.78, 5) is 0. The molecule has 1 N–H and O–H groups in total. The van der Waals surface area contributed by atoms with Crippen LogP contribution in [0.1, 0.15) is 32.6 Å². The van der Waals surface area contributed by atoms with Crippen molar-refractivity contribution in [2.45, 2.75) is 38.7 Å². The summed E-state index contributed by atoms with van der Waals surface area (Å²) in [6.45, 7) is 2.20. The lowest BCUT2D eigenvalue weighted by molar-refractivity contribution is 0.0572. The van der Waals surface area contributed by atoms with Gasteiger partial charge in [0, 0.05) is 0 Å². The molecule has 10 heavy (non-hydrogen) atoms. The SMILES string of the molecule is CC[C@@H]1[C@H]2CC[C@H](C2)[C@@H]1O. The highest BCUT2D eigenvalue weighted by atomic mass is 16.3. The molecule has 2 bridgehead atoms. The van der Waals surface area contributed by atoms with Crippen LogP contribution in [0.25, 0.3) is 0 Å². The number of hydrogen-bond donors (Lipinski definition) is 1. The summed E-state index contributed by atoms with van der Waals surface area (Å²) in [5, 5.41) is 9.68. The van der Waals surface area contributed by atoms with Gasteiger partial charge in [-0.05, 0) is 37.0 Å². The minimum Gasteiger partial charge on any atom is -0.393 e. The van der Waals surface area contributed by atoms with Gasteiger partial charge in [-0.1, -0.05) is 13.3 Å². The van der Waals surface area contributed by atoms with Crippen LogP contribution in [0.5, 0.6) is 0 Å². The molecule has 0 unspecified atom stereocenters. The zero-order valence-electron chi connectivity index (χ0n) is 6.59. The van der Waals surface area contributed by atoms with Crippen LogP contribution in [0.15, 0.2) is 0 Å². The van der Waals surface area contributed by atoms with Gasteiger partial charge in [0.15, 0.2) is 0 Å². The van der Waals surface area contributed by atoms with Crippen molar-refractivity contribution in [2.75, 3.05) is 0 Å². The van der Waals surface area contributed by atoms with Gasteiger partial charge in [-0.2, -0.15) is 0 Å². The number of aliphatic hydroxyl groups excluding tert-OH is 1. The Balaban J connectivity index is 2.10. The maximum atomic E-state index is 9.68. The van der Waals surface area contributed by atoms with Crippen LogP contribution in [0.3, 0.4) is 0 Å². The van der Waals surface area contributed by atoms with E-state index in [0.717, 1.165) is 5.92 Å². The van der Waals surface area contributed by atoms with Crippen molar-refractivity contribution in [1.82, 2.24) is 0 Å². The van der Waals surface area contributed by atoms with Crippen molar-refractivity contribution in [2.24, 2.45) is 17.8 Å². The van der Waals surface area contributed by atoms with E-state index in [1.807, 2.05) is 0 Å². The number of rotatable bonds is 1. The van der Waals surface area contributed by atoms with Gasteiger partial charge in [0.25, 0.3) is 0 Å². The van der Waals surface area contributed by atoms with E-state index in [2.05, 4.69) is 6.92 Å². The normalized spacial score (nSPS) is 52.2. The van der Waals surface area contributed by atoms with Crippen LogP contribution in [-0.2, 0) is 0 Å². The first-order valence-electron chi connectivity index (χ1n) is 4.51. The van der Waals surface area contributed by atoms with Crippen molar-refractivity contribution in [3.05, 3.63) is 0 Å². The topological polar surface area (TPSA) is 20.2 Å². The Hall–Kier alpha value is -0.0400. The molecule has 0 aromatic rings. The van der Waals surface area contributed by atoms with E-state index in [0.29, 0.717) is 11.8 Å². The second-order valence-corrected chi connectivity index (χ2v) is 3.90. The first-order valence-corrected chi connectivity index (χ1v) is 4.51.